The van der Waals surface area contributed by atoms with Crippen LogP contribution in [0.2, 0.25) is 0 Å². The van der Waals surface area contributed by atoms with Gasteiger partial charge in [-0.15, -0.1) is 0 Å². The van der Waals surface area contributed by atoms with Crippen LogP contribution in [-0.4, -0.2) is 18.0 Å². The Balaban J connectivity index is 1.52. The maximum absolute atomic E-state index is 12.6. The molecule has 28 heavy (non-hydrogen) atoms. The van der Waals surface area contributed by atoms with E-state index in [2.05, 4.69) is 15.8 Å². The molecule has 0 saturated carbocycles. The fraction of sp³-hybridized carbons (Fsp3) is 0.150. The number of aryl methyl sites for hydroxylation is 1. The molecule has 4 rings (SSSR count). The number of aromatic nitrogens is 2. The third kappa shape index (κ3) is 3.78. The van der Waals surface area contributed by atoms with E-state index in [9.17, 15) is 13.2 Å². The van der Waals surface area contributed by atoms with Crippen LogP contribution in [-0.2, 0) is 23.1 Å². The lowest BCUT2D eigenvalue weighted by atomic mass is 10.1. The molecule has 2 heterocycles. The van der Waals surface area contributed by atoms with E-state index in [1.54, 1.807) is 0 Å². The highest BCUT2D eigenvalue weighted by atomic mass is 32.2. The van der Waals surface area contributed by atoms with E-state index in [1.165, 1.54) is 23.8 Å². The zero-order chi connectivity index (χ0) is 19.7. The first-order valence-corrected chi connectivity index (χ1v) is 10.2. The lowest BCUT2D eigenvalue weighted by Gasteiger charge is -2.11. The highest BCUT2D eigenvalue weighted by Gasteiger charge is 2.16. The van der Waals surface area contributed by atoms with Gasteiger partial charge in [0, 0.05) is 24.5 Å². The summed E-state index contributed by atoms with van der Waals surface area (Å²) in [6, 6.07) is 16.2. The van der Waals surface area contributed by atoms with E-state index in [0.717, 1.165) is 11.3 Å². The van der Waals surface area contributed by atoms with Crippen LogP contribution >= 0.6 is 0 Å². The van der Waals surface area contributed by atoms with Crippen LogP contribution in [0.4, 0.5) is 0 Å². The van der Waals surface area contributed by atoms with Gasteiger partial charge in [-0.3, -0.25) is 4.98 Å². The molecular formula is C20H19N3O4S. The van der Waals surface area contributed by atoms with E-state index in [1.807, 2.05) is 48.0 Å². The smallest absolute Gasteiger partial charge is 0.408 e. The Morgan fingerprint density at radius 2 is 1.96 bits per heavy atom. The minimum atomic E-state index is -3.75. The van der Waals surface area contributed by atoms with Gasteiger partial charge in [0.05, 0.1) is 17.0 Å². The fourth-order valence-electron chi connectivity index (χ4n) is 3.12. The monoisotopic (exact) mass is 397 g/mol. The molecule has 8 heteroatoms. The van der Waals surface area contributed by atoms with Gasteiger partial charge in [-0.05, 0) is 36.8 Å². The average molecular weight is 397 g/mol. The van der Waals surface area contributed by atoms with Crippen LogP contribution in [0.3, 0.4) is 0 Å². The molecule has 0 amide bonds. The van der Waals surface area contributed by atoms with Gasteiger partial charge in [0.15, 0.2) is 5.58 Å². The van der Waals surface area contributed by atoms with Gasteiger partial charge in [-0.2, -0.15) is 0 Å². The zero-order valence-electron chi connectivity index (χ0n) is 15.2. The van der Waals surface area contributed by atoms with Gasteiger partial charge in [0.25, 0.3) is 0 Å². The number of benzene rings is 2. The number of fused-ring (bicyclic) bond motifs is 1. The van der Waals surface area contributed by atoms with Gasteiger partial charge in [-0.1, -0.05) is 29.8 Å². The number of hydrogen-bond donors (Lipinski definition) is 2. The summed E-state index contributed by atoms with van der Waals surface area (Å²) >= 11 is 0. The van der Waals surface area contributed by atoms with Crippen molar-refractivity contribution in [3.8, 4) is 0 Å². The number of oxazole rings is 1. The molecule has 0 radical (unpaired) electrons. The largest absolute Gasteiger partial charge is 0.417 e. The third-order valence-corrected chi connectivity index (χ3v) is 5.90. The molecule has 2 aromatic carbocycles. The summed E-state index contributed by atoms with van der Waals surface area (Å²) in [6.07, 6.45) is 1.92. The maximum Gasteiger partial charge on any atom is 0.417 e. The van der Waals surface area contributed by atoms with E-state index in [0.29, 0.717) is 12.1 Å². The van der Waals surface area contributed by atoms with E-state index in [4.69, 9.17) is 4.42 Å². The number of aromatic amines is 1. The zero-order valence-corrected chi connectivity index (χ0v) is 16.0. The summed E-state index contributed by atoms with van der Waals surface area (Å²) < 4.78 is 34.8. The van der Waals surface area contributed by atoms with Crippen molar-refractivity contribution in [1.29, 1.82) is 0 Å². The van der Waals surface area contributed by atoms with Crippen LogP contribution in [0.1, 0.15) is 16.8 Å². The second kappa shape index (κ2) is 7.14. The van der Waals surface area contributed by atoms with Gasteiger partial charge < -0.3 is 8.98 Å². The van der Waals surface area contributed by atoms with Crippen molar-refractivity contribution < 1.29 is 12.8 Å². The molecular weight excluding hydrogens is 378 g/mol. The summed E-state index contributed by atoms with van der Waals surface area (Å²) in [5.74, 6) is -0.619. The lowest BCUT2D eigenvalue weighted by molar-refractivity contribution is 0.553. The number of sulfonamides is 1. The second-order valence-electron chi connectivity index (χ2n) is 6.61. The van der Waals surface area contributed by atoms with Crippen molar-refractivity contribution in [2.24, 2.45) is 0 Å². The number of hydrogen-bond acceptors (Lipinski definition) is 4. The van der Waals surface area contributed by atoms with Crippen LogP contribution in [0.5, 0.6) is 0 Å². The molecule has 0 bridgehead atoms. The Kier molecular flexibility index (Phi) is 4.66. The minimum absolute atomic E-state index is 0.0412. The maximum atomic E-state index is 12.6. The van der Waals surface area contributed by atoms with Crippen molar-refractivity contribution in [2.75, 3.05) is 0 Å². The van der Waals surface area contributed by atoms with Gasteiger partial charge in [0.1, 0.15) is 0 Å². The first kappa shape index (κ1) is 18.3. The molecule has 0 spiro atoms. The molecule has 2 aromatic heterocycles. The first-order valence-electron chi connectivity index (χ1n) is 8.73. The Hall–Kier alpha value is -3.10. The van der Waals surface area contributed by atoms with Gasteiger partial charge in [-0.25, -0.2) is 17.9 Å². The van der Waals surface area contributed by atoms with Crippen LogP contribution in [0.25, 0.3) is 11.1 Å². The molecule has 0 aliphatic rings. The van der Waals surface area contributed by atoms with Crippen LogP contribution < -0.4 is 10.5 Å². The fourth-order valence-corrected chi connectivity index (χ4v) is 4.13. The Labute approximate surface area is 161 Å². The predicted octanol–water partition coefficient (Wildman–Crippen LogP) is 2.76. The second-order valence-corrected chi connectivity index (χ2v) is 8.38. The average Bonchev–Trinajstić information content (AvgIpc) is 3.24. The first-order chi connectivity index (χ1) is 13.4. The molecule has 7 nitrogen and oxygen atoms in total. The van der Waals surface area contributed by atoms with Crippen molar-refractivity contribution in [2.45, 2.75) is 24.9 Å². The molecule has 0 fully saturated rings. The summed E-state index contributed by atoms with van der Waals surface area (Å²) in [4.78, 5) is 13.8. The molecule has 2 N–H and O–H groups in total. The van der Waals surface area contributed by atoms with Crippen LogP contribution in [0.15, 0.2) is 74.9 Å². The molecule has 4 aromatic rings. The number of nitrogens with one attached hydrogen (secondary N) is 2. The Morgan fingerprint density at radius 1 is 1.11 bits per heavy atom. The quantitative estimate of drug-likeness (QED) is 0.523. The predicted molar refractivity (Wildman–Crippen MR) is 106 cm³/mol. The summed E-state index contributed by atoms with van der Waals surface area (Å²) in [7, 11) is -3.75. The molecule has 0 unspecified atom stereocenters. The highest BCUT2D eigenvalue weighted by molar-refractivity contribution is 7.89. The molecule has 0 saturated heterocycles. The summed E-state index contributed by atoms with van der Waals surface area (Å²) in [5.41, 5.74) is 3.83. The topological polar surface area (TPSA) is 97.1 Å². The minimum Gasteiger partial charge on any atom is -0.408 e. The SMILES string of the molecule is Cc1cccc(Cn2cccc2CNS(=O)(=O)c2ccc3[nH]c(=O)oc3c2)c1. The van der Waals surface area contributed by atoms with Crippen molar-refractivity contribution in [3.63, 3.8) is 0 Å². The van der Waals surface area contributed by atoms with Crippen LogP contribution in [0, 0.1) is 6.92 Å². The molecule has 0 aliphatic heterocycles. The van der Waals surface area contributed by atoms with Gasteiger partial charge in [0.2, 0.25) is 10.0 Å². The number of H-pyrrole nitrogens is 1. The molecule has 0 aliphatic carbocycles. The van der Waals surface area contributed by atoms with Crippen molar-refractivity contribution >= 4 is 21.1 Å². The molecule has 0 atom stereocenters. The summed E-state index contributed by atoms with van der Waals surface area (Å²) in [6.45, 7) is 2.85. The highest BCUT2D eigenvalue weighted by Crippen LogP contribution is 2.17. The van der Waals surface area contributed by atoms with Crippen molar-refractivity contribution in [3.05, 3.63) is 88.2 Å². The van der Waals surface area contributed by atoms with Gasteiger partial charge >= 0.3 is 5.76 Å². The van der Waals surface area contributed by atoms with Crippen molar-refractivity contribution in [1.82, 2.24) is 14.3 Å². The lowest BCUT2D eigenvalue weighted by Crippen LogP contribution is -2.24. The van der Waals surface area contributed by atoms with E-state index in [-0.39, 0.29) is 17.0 Å². The Bertz CT molecular complexity index is 1300. The summed E-state index contributed by atoms with van der Waals surface area (Å²) in [5, 5.41) is 0. The molecule has 144 valence electrons. The third-order valence-electron chi connectivity index (χ3n) is 4.51. The standard InChI is InChI=1S/C20H19N3O4S/c1-14-4-2-5-15(10-14)13-23-9-3-6-16(23)12-21-28(25,26)17-7-8-18-19(11-17)27-20(24)22-18/h2-11,21H,12-13H2,1H3,(H,22,24). The normalized spacial score (nSPS) is 11.9. The van der Waals surface area contributed by atoms with E-state index < -0.39 is 15.8 Å². The Morgan fingerprint density at radius 3 is 2.79 bits per heavy atom. The number of nitrogens with zero attached hydrogens (tertiary/aromatic N) is 1. The number of rotatable bonds is 6. The van der Waals surface area contributed by atoms with E-state index >= 15 is 0 Å².